The van der Waals surface area contributed by atoms with E-state index >= 15 is 0 Å². The van der Waals surface area contributed by atoms with Crippen LogP contribution < -0.4 is 5.32 Å². The summed E-state index contributed by atoms with van der Waals surface area (Å²) in [5, 5.41) is 11.8. The lowest BCUT2D eigenvalue weighted by Crippen LogP contribution is -2.14. The molecule has 0 radical (unpaired) electrons. The van der Waals surface area contributed by atoms with E-state index in [0.717, 1.165) is 6.07 Å². The zero-order valence-electron chi connectivity index (χ0n) is 9.45. The van der Waals surface area contributed by atoms with Gasteiger partial charge in [0.1, 0.15) is 11.6 Å². The van der Waals surface area contributed by atoms with Gasteiger partial charge in [-0.25, -0.2) is 4.39 Å². The molecule has 98 valence electrons. The maximum Gasteiger partial charge on any atom is 0.260 e. The van der Waals surface area contributed by atoms with Crippen LogP contribution in [0.4, 0.5) is 10.1 Å². The number of hydrogen-bond acceptors (Lipinski definition) is 2. The van der Waals surface area contributed by atoms with Gasteiger partial charge in [0.15, 0.2) is 0 Å². The summed E-state index contributed by atoms with van der Waals surface area (Å²) < 4.78 is 13.6. The number of carbonyl (C=O) groups is 1. The van der Waals surface area contributed by atoms with Crippen molar-refractivity contribution in [2.45, 2.75) is 0 Å². The number of phenolic OH excluding ortho intramolecular Hbond substituents is 1. The smallest absolute Gasteiger partial charge is 0.260 e. The fourth-order valence-corrected chi connectivity index (χ4v) is 1.98. The molecule has 0 saturated heterocycles. The van der Waals surface area contributed by atoms with Crippen LogP contribution in [0.5, 0.6) is 5.75 Å². The van der Waals surface area contributed by atoms with Crippen LogP contribution in [0.3, 0.4) is 0 Å². The summed E-state index contributed by atoms with van der Waals surface area (Å²) in [6.07, 6.45) is 0. The summed E-state index contributed by atoms with van der Waals surface area (Å²) in [6.45, 7) is 0. The van der Waals surface area contributed by atoms with Gasteiger partial charge >= 0.3 is 0 Å². The Morgan fingerprint density at radius 3 is 2.53 bits per heavy atom. The van der Waals surface area contributed by atoms with Gasteiger partial charge < -0.3 is 10.4 Å². The molecule has 6 heteroatoms. The number of nitrogens with one attached hydrogen (secondary N) is 1. The van der Waals surface area contributed by atoms with Gasteiger partial charge in [0.05, 0.1) is 21.3 Å². The summed E-state index contributed by atoms with van der Waals surface area (Å²) in [6, 6.07) is 7.98. The van der Waals surface area contributed by atoms with Crippen LogP contribution in [0, 0.1) is 5.82 Å². The summed E-state index contributed by atoms with van der Waals surface area (Å²) in [4.78, 5) is 11.9. The predicted octanol–water partition coefficient (Wildman–Crippen LogP) is 4.09. The fourth-order valence-electron chi connectivity index (χ4n) is 1.50. The molecule has 3 nitrogen and oxygen atoms in total. The minimum Gasteiger partial charge on any atom is -0.508 e. The summed E-state index contributed by atoms with van der Waals surface area (Å²) in [5.74, 6) is -1.47. The summed E-state index contributed by atoms with van der Waals surface area (Å²) in [5.41, 5.74) is -0.00269. The predicted molar refractivity (Wildman–Crippen MR) is 72.5 cm³/mol. The van der Waals surface area contributed by atoms with E-state index in [9.17, 15) is 14.3 Å². The molecule has 19 heavy (non-hydrogen) atoms. The molecule has 0 aromatic heterocycles. The van der Waals surface area contributed by atoms with E-state index in [1.165, 1.54) is 30.3 Å². The normalized spacial score (nSPS) is 10.3. The van der Waals surface area contributed by atoms with Gasteiger partial charge in [-0.1, -0.05) is 29.3 Å². The Bertz CT molecular complexity index is 626. The van der Waals surface area contributed by atoms with E-state index in [1.54, 1.807) is 0 Å². The number of hydrogen-bond donors (Lipinski definition) is 2. The lowest BCUT2D eigenvalue weighted by atomic mass is 10.2. The van der Waals surface area contributed by atoms with Crippen molar-refractivity contribution in [1.29, 1.82) is 0 Å². The fraction of sp³-hybridized carbons (Fsp3) is 0. The number of halogens is 3. The van der Waals surface area contributed by atoms with Crippen LogP contribution in [-0.4, -0.2) is 11.0 Å². The Hall–Kier alpha value is -1.78. The van der Waals surface area contributed by atoms with E-state index in [-0.39, 0.29) is 27.0 Å². The number of benzene rings is 2. The number of aromatic hydroxyl groups is 1. The van der Waals surface area contributed by atoms with Crippen LogP contribution in [-0.2, 0) is 0 Å². The van der Waals surface area contributed by atoms with Crippen LogP contribution in [0.2, 0.25) is 10.0 Å². The van der Waals surface area contributed by atoms with Crippen molar-refractivity contribution in [3.63, 3.8) is 0 Å². The summed E-state index contributed by atoms with van der Waals surface area (Å²) in [7, 11) is 0. The monoisotopic (exact) mass is 299 g/mol. The van der Waals surface area contributed by atoms with Gasteiger partial charge in [-0.05, 0) is 24.3 Å². The first kappa shape index (κ1) is 13.6. The molecule has 0 aliphatic rings. The first-order valence-corrected chi connectivity index (χ1v) is 5.98. The topological polar surface area (TPSA) is 49.3 Å². The van der Waals surface area contributed by atoms with Crippen molar-refractivity contribution in [2.24, 2.45) is 0 Å². The third kappa shape index (κ3) is 2.97. The molecule has 2 N–H and O–H groups in total. The minimum atomic E-state index is -0.722. The second-order valence-electron chi connectivity index (χ2n) is 3.71. The van der Waals surface area contributed by atoms with Crippen LogP contribution in [0.1, 0.15) is 10.4 Å². The van der Waals surface area contributed by atoms with Crippen molar-refractivity contribution in [3.8, 4) is 5.75 Å². The average Bonchev–Trinajstić information content (AvgIpc) is 2.32. The molecule has 0 fully saturated rings. The highest BCUT2D eigenvalue weighted by Crippen LogP contribution is 2.27. The van der Waals surface area contributed by atoms with Crippen molar-refractivity contribution >= 4 is 34.8 Å². The maximum atomic E-state index is 13.6. The standard InChI is InChI=1S/C13H8Cl2FNO2/c14-8-2-1-3-10(16)12(8)13(19)17-11-5-4-7(18)6-9(11)15/h1-6,18H,(H,17,19). The third-order valence-electron chi connectivity index (χ3n) is 2.39. The molecule has 0 spiro atoms. The Morgan fingerprint density at radius 1 is 1.16 bits per heavy atom. The first-order chi connectivity index (χ1) is 8.99. The molecule has 0 atom stereocenters. The van der Waals surface area contributed by atoms with Crippen molar-refractivity contribution in [3.05, 3.63) is 57.8 Å². The Labute approximate surface area is 118 Å². The number of anilines is 1. The zero-order chi connectivity index (χ0) is 14.0. The molecule has 0 bridgehead atoms. The van der Waals surface area contributed by atoms with E-state index in [1.807, 2.05) is 0 Å². The lowest BCUT2D eigenvalue weighted by molar-refractivity contribution is 0.102. The van der Waals surface area contributed by atoms with Crippen molar-refractivity contribution in [1.82, 2.24) is 0 Å². The van der Waals surface area contributed by atoms with E-state index in [0.29, 0.717) is 0 Å². The number of carbonyl (C=O) groups excluding carboxylic acids is 1. The van der Waals surface area contributed by atoms with Crippen LogP contribution in [0.25, 0.3) is 0 Å². The second kappa shape index (κ2) is 5.47. The lowest BCUT2D eigenvalue weighted by Gasteiger charge is -2.09. The van der Waals surface area contributed by atoms with Crippen molar-refractivity contribution < 1.29 is 14.3 Å². The molecule has 0 aliphatic carbocycles. The van der Waals surface area contributed by atoms with E-state index < -0.39 is 11.7 Å². The van der Waals surface area contributed by atoms with Gasteiger partial charge in [-0.2, -0.15) is 0 Å². The number of phenols is 1. The highest BCUT2D eigenvalue weighted by molar-refractivity contribution is 6.36. The zero-order valence-corrected chi connectivity index (χ0v) is 11.0. The second-order valence-corrected chi connectivity index (χ2v) is 4.53. The molecule has 0 saturated carbocycles. The maximum absolute atomic E-state index is 13.6. The van der Waals surface area contributed by atoms with E-state index in [4.69, 9.17) is 23.2 Å². The molecule has 2 aromatic carbocycles. The quantitative estimate of drug-likeness (QED) is 0.821. The molecule has 1 amide bonds. The molecule has 2 rings (SSSR count). The highest BCUT2D eigenvalue weighted by atomic mass is 35.5. The Kier molecular flexibility index (Phi) is 3.93. The Balaban J connectivity index is 2.31. The van der Waals surface area contributed by atoms with Gasteiger partial charge in [0.2, 0.25) is 0 Å². The van der Waals surface area contributed by atoms with E-state index in [2.05, 4.69) is 5.32 Å². The van der Waals surface area contributed by atoms with Gasteiger partial charge in [0.25, 0.3) is 5.91 Å². The van der Waals surface area contributed by atoms with Gasteiger partial charge in [-0.15, -0.1) is 0 Å². The SMILES string of the molecule is O=C(Nc1ccc(O)cc1Cl)c1c(F)cccc1Cl. The van der Waals surface area contributed by atoms with Crippen molar-refractivity contribution in [2.75, 3.05) is 5.32 Å². The molecule has 0 unspecified atom stereocenters. The molecular weight excluding hydrogens is 292 g/mol. The number of rotatable bonds is 2. The van der Waals surface area contributed by atoms with Crippen LogP contribution in [0.15, 0.2) is 36.4 Å². The van der Waals surface area contributed by atoms with Crippen LogP contribution >= 0.6 is 23.2 Å². The van der Waals surface area contributed by atoms with Gasteiger partial charge in [0, 0.05) is 6.07 Å². The molecule has 0 heterocycles. The number of amides is 1. The molecule has 2 aromatic rings. The third-order valence-corrected chi connectivity index (χ3v) is 3.02. The highest BCUT2D eigenvalue weighted by Gasteiger charge is 2.16. The molecule has 0 aliphatic heterocycles. The van der Waals surface area contributed by atoms with Gasteiger partial charge in [-0.3, -0.25) is 4.79 Å². The average molecular weight is 300 g/mol. The molecular formula is C13H8Cl2FNO2. The minimum absolute atomic E-state index is 0.00685. The largest absolute Gasteiger partial charge is 0.508 e. The first-order valence-electron chi connectivity index (χ1n) is 5.23. The summed E-state index contributed by atoms with van der Waals surface area (Å²) >= 11 is 11.6. The Morgan fingerprint density at radius 2 is 1.89 bits per heavy atom.